The van der Waals surface area contributed by atoms with Crippen LogP contribution in [0.3, 0.4) is 0 Å². The normalized spacial score (nSPS) is 49.1. The van der Waals surface area contributed by atoms with Gasteiger partial charge in [-0.25, -0.2) is 0 Å². The summed E-state index contributed by atoms with van der Waals surface area (Å²) in [6.45, 7) is -12.3. The van der Waals surface area contributed by atoms with Crippen LogP contribution in [0.2, 0.25) is 0 Å². The van der Waals surface area contributed by atoms with Crippen molar-refractivity contribution in [2.75, 3.05) is 79.3 Å². The number of aliphatic hydroxyl groups excluding tert-OH is 34. The van der Waals surface area contributed by atoms with E-state index in [1.54, 1.807) is 0 Å². The number of carbonyl (C=O) groups excluding carboxylic acids is 2. The molecule has 10 fully saturated rings. The minimum atomic E-state index is -2.72. The predicted octanol–water partition coefficient (Wildman–Crippen LogP) is -25.1. The Kier molecular flexibility index (Phi) is 39.4. The SMILES string of the molecule is CC(=O)N[C@H]1[C@H](O[C@@H]([C@H](O)[C@H](CO)NC(C)=O)[C@H](O)CO)O[C@H](CO)[C@@H](O[C@@H]2O[C@H](CO[C@H]3O[C@H](CO[C@H]4O[C@H](CO)[C@@H](O)[C@H](O)[C@@H]4O[C@H]4O[C@H](CO)[C@@H](O)[C@H](O)[C@@H]4O)[C@@H](O)[C@H](O[C@H]4O[C@H](CO)[C@@H](O)[C@H](O)[C@@H]4O[C@H]4O[C@H](CO)[C@@H](O)[C@H](O)[C@@H]4O)[C@@H]3O)[C@@H](O)[C@H](O[C@H]3O[C@H](CO)[C@@H](O)[C@H](O)[C@@H]3O[C@H]3O[C@H](CO)[C@@H](O)[C@H](O)[C@@H]3O[C@H]3O[C@H](CO)[C@@H](O)[C@H](O)[C@@H]3O)[C@@H]2O)[C@@H]1O. The summed E-state index contributed by atoms with van der Waals surface area (Å²) in [6.07, 6.45) is -117. The van der Waals surface area contributed by atoms with Gasteiger partial charge in [0, 0.05) is 13.8 Å². The Morgan fingerprint density at radius 1 is 0.266 bits per heavy atom. The molecule has 0 spiro atoms. The molecule has 0 saturated carbocycles. The third kappa shape index (κ3) is 23.4. The van der Waals surface area contributed by atoms with Gasteiger partial charge in [0.05, 0.1) is 85.3 Å². The zero-order valence-corrected chi connectivity index (χ0v) is 67.8. The smallest absolute Gasteiger partial charge is 0.217 e. The van der Waals surface area contributed by atoms with E-state index in [2.05, 4.69) is 10.6 Å². The Morgan fingerprint density at radius 2 is 0.539 bits per heavy atom. The molecule has 54 atom stereocenters. The molecule has 10 rings (SSSR count). The molecule has 10 heterocycles. The van der Waals surface area contributed by atoms with Crippen molar-refractivity contribution in [1.82, 2.24) is 10.6 Å². The second kappa shape index (κ2) is 47.2. The first-order chi connectivity index (χ1) is 60.6. The second-order valence-corrected chi connectivity index (χ2v) is 32.1. The molecule has 0 radical (unpaired) electrons. The van der Waals surface area contributed by atoms with Crippen LogP contribution in [0.15, 0.2) is 0 Å². The summed E-state index contributed by atoms with van der Waals surface area (Å²) < 4.78 is 118. The lowest BCUT2D eigenvalue weighted by Gasteiger charge is -2.51. The molecule has 0 aromatic heterocycles. The topological polar surface area (TPSA) is 931 Å². The summed E-state index contributed by atoms with van der Waals surface area (Å²) in [5, 5.41) is 382. The van der Waals surface area contributed by atoms with Crippen molar-refractivity contribution in [2.24, 2.45) is 0 Å². The van der Waals surface area contributed by atoms with Gasteiger partial charge in [0.2, 0.25) is 11.8 Å². The predicted molar refractivity (Wildman–Crippen MR) is 388 cm³/mol. The Hall–Kier alpha value is -3.22. The second-order valence-electron chi connectivity index (χ2n) is 32.1. The maximum absolute atomic E-state index is 13.1. The summed E-state index contributed by atoms with van der Waals surface area (Å²) in [5.41, 5.74) is 0. The molecule has 2 amide bonds. The first kappa shape index (κ1) is 107. The molecule has 58 nitrogen and oxygen atoms in total. The average molecular weight is 1890 g/mol. The number of hydrogen-bond donors (Lipinski definition) is 36. The van der Waals surface area contributed by atoms with E-state index in [0.29, 0.717) is 0 Å². The molecule has 0 aromatic carbocycles. The van der Waals surface area contributed by atoms with Gasteiger partial charge in [-0.05, 0) is 0 Å². The molecule has 128 heavy (non-hydrogen) atoms. The molecule has 0 unspecified atom stereocenters. The molecule has 746 valence electrons. The zero-order valence-electron chi connectivity index (χ0n) is 67.8. The van der Waals surface area contributed by atoms with Crippen LogP contribution >= 0.6 is 0 Å². The van der Waals surface area contributed by atoms with Gasteiger partial charge in [0.15, 0.2) is 62.9 Å². The monoisotopic (exact) mass is 1880 g/mol. The van der Waals surface area contributed by atoms with Crippen LogP contribution in [0.5, 0.6) is 0 Å². The highest BCUT2D eigenvalue weighted by Crippen LogP contribution is 2.41. The van der Waals surface area contributed by atoms with Crippen LogP contribution in [-0.2, 0) is 104 Å². The van der Waals surface area contributed by atoms with Crippen molar-refractivity contribution < 1.29 is 278 Å². The van der Waals surface area contributed by atoms with Crippen molar-refractivity contribution in [1.29, 1.82) is 0 Å². The van der Waals surface area contributed by atoms with E-state index in [1.165, 1.54) is 0 Å². The highest BCUT2D eigenvalue weighted by Gasteiger charge is 2.62. The lowest BCUT2D eigenvalue weighted by atomic mass is 9.94. The number of ether oxygens (including phenoxy) is 20. The first-order valence-electron chi connectivity index (χ1n) is 40.6. The van der Waals surface area contributed by atoms with Crippen LogP contribution in [0.4, 0.5) is 0 Å². The molecule has 10 aliphatic rings. The van der Waals surface area contributed by atoms with Crippen molar-refractivity contribution >= 4 is 11.8 Å². The van der Waals surface area contributed by atoms with E-state index >= 15 is 0 Å². The highest BCUT2D eigenvalue weighted by atomic mass is 16.8. The third-order valence-corrected chi connectivity index (χ3v) is 23.4. The summed E-state index contributed by atoms with van der Waals surface area (Å²) in [5.74, 6) is -1.89. The Balaban J connectivity index is 1.03. The van der Waals surface area contributed by atoms with Crippen molar-refractivity contribution in [3.63, 3.8) is 0 Å². The fourth-order valence-electron chi connectivity index (χ4n) is 16.0. The Morgan fingerprint density at radius 3 is 0.875 bits per heavy atom. The summed E-state index contributed by atoms with van der Waals surface area (Å²) in [6, 6.07) is -3.77. The number of nitrogens with one attached hydrogen (secondary N) is 2. The van der Waals surface area contributed by atoms with Gasteiger partial charge in [-0.15, -0.1) is 0 Å². The molecule has 36 N–H and O–H groups in total. The lowest BCUT2D eigenvalue weighted by molar-refractivity contribution is -0.408. The standard InChI is InChI=1S/C70H120N2O56/c1-15(83)71-17(3-73)30(86)53(18(85)4-74)121-61-29(72-16(2)84)40(96)54(26(12-82)118-61)122-66-52(108)56(124-69-60(47(103)37(93)24(10-80)116-69)128-70-59(46(102)36(92)25(11-81)117-70)127-65-50(106)43(99)33(89)21(7-77)113-65)39(95)28(120-66)13-109-62-51(107)55(123-68-58(45(101)35(91)23(9-79)115-68)126-64-49(105)42(98)32(88)20(6-76)112-64)38(94)27(119-62)14-110-67-57(44(100)34(90)22(8-78)114-67)125-63-48(104)41(97)31(87)19(5-75)111-63/h17-70,73-82,85-108H,3-14H2,1-2H3,(H,71,83)(H,72,84)/t17-,18+,19+,20+,21+,22+,23+,24+,25+,26+,27+,28+,29+,30+,31+,32+,33+,34+,35+,36+,37+,38+,39+,40+,41-,42-,43-,44-,45-,46-,47-,48-,49-,50-,51-,52-,53+,54+,55-,56-,57-,58-,59-,60-,61-,62-,63+,64+,65+,66-,67-,68+,69+,70+/m0/s1. The van der Waals surface area contributed by atoms with E-state index in [4.69, 9.17) is 94.7 Å². The quantitative estimate of drug-likeness (QED) is 0.0275. The summed E-state index contributed by atoms with van der Waals surface area (Å²) in [4.78, 5) is 25.2. The molecular formula is C70H120N2O56. The molecule has 0 aliphatic carbocycles. The minimum Gasteiger partial charge on any atom is -0.394 e. The van der Waals surface area contributed by atoms with Crippen molar-refractivity contribution in [3.05, 3.63) is 0 Å². The van der Waals surface area contributed by atoms with Crippen LogP contribution in [0, 0.1) is 0 Å². The number of amides is 2. The molecule has 0 bridgehead atoms. The third-order valence-electron chi connectivity index (χ3n) is 23.4. The maximum Gasteiger partial charge on any atom is 0.217 e. The van der Waals surface area contributed by atoms with Crippen LogP contribution in [0.25, 0.3) is 0 Å². The van der Waals surface area contributed by atoms with Gasteiger partial charge in [0.25, 0.3) is 0 Å². The molecular weight excluding hydrogens is 1760 g/mol. The van der Waals surface area contributed by atoms with Gasteiger partial charge in [-0.3, -0.25) is 9.59 Å². The first-order valence-corrected chi connectivity index (χ1v) is 40.6. The highest BCUT2D eigenvalue weighted by molar-refractivity contribution is 5.73. The van der Waals surface area contributed by atoms with E-state index in [1.807, 2.05) is 0 Å². The number of hydrogen-bond acceptors (Lipinski definition) is 56. The van der Waals surface area contributed by atoms with E-state index < -0.39 is 422 Å². The average Bonchev–Trinajstić information content (AvgIpc) is 0.768. The van der Waals surface area contributed by atoms with Gasteiger partial charge in [0.1, 0.15) is 262 Å². The van der Waals surface area contributed by atoms with Gasteiger partial charge >= 0.3 is 0 Å². The number of rotatable bonds is 37. The van der Waals surface area contributed by atoms with Crippen molar-refractivity contribution in [3.8, 4) is 0 Å². The van der Waals surface area contributed by atoms with E-state index in [9.17, 15) is 183 Å². The van der Waals surface area contributed by atoms with E-state index in [-0.39, 0.29) is 0 Å². The number of carbonyl (C=O) groups is 2. The fourth-order valence-corrected chi connectivity index (χ4v) is 16.0. The molecule has 10 aliphatic heterocycles. The Bertz CT molecular complexity index is 3330. The van der Waals surface area contributed by atoms with Gasteiger partial charge in [-0.1, -0.05) is 0 Å². The van der Waals surface area contributed by atoms with Crippen molar-refractivity contribution in [2.45, 2.75) is 345 Å². The maximum atomic E-state index is 13.1. The summed E-state index contributed by atoms with van der Waals surface area (Å²) in [7, 11) is 0. The summed E-state index contributed by atoms with van der Waals surface area (Å²) >= 11 is 0. The lowest BCUT2D eigenvalue weighted by Crippen LogP contribution is -2.70. The number of aliphatic hydroxyl groups is 34. The largest absolute Gasteiger partial charge is 0.394 e. The Labute approximate surface area is 723 Å². The molecule has 0 aromatic rings. The zero-order chi connectivity index (χ0) is 94.4. The van der Waals surface area contributed by atoms with Crippen LogP contribution in [-0.4, -0.2) is 596 Å². The van der Waals surface area contributed by atoms with E-state index in [0.717, 1.165) is 13.8 Å². The molecule has 58 heteroatoms. The van der Waals surface area contributed by atoms with Gasteiger partial charge < -0.3 is 279 Å². The fraction of sp³-hybridized carbons (Fsp3) is 0.971. The van der Waals surface area contributed by atoms with Crippen LogP contribution < -0.4 is 10.6 Å². The van der Waals surface area contributed by atoms with Gasteiger partial charge in [-0.2, -0.15) is 0 Å². The molecule has 10 saturated heterocycles. The minimum absolute atomic E-state index is 0.850. The van der Waals surface area contributed by atoms with Crippen LogP contribution in [0.1, 0.15) is 13.8 Å².